The van der Waals surface area contributed by atoms with Gasteiger partial charge in [-0.25, -0.2) is 4.98 Å². The van der Waals surface area contributed by atoms with Crippen molar-refractivity contribution in [2.24, 2.45) is 7.05 Å². The maximum Gasteiger partial charge on any atom is 0.275 e. The number of nitrogens with zero attached hydrogens (tertiary/aromatic N) is 6. The van der Waals surface area contributed by atoms with Crippen LogP contribution in [-0.4, -0.2) is 42.5 Å². The summed E-state index contributed by atoms with van der Waals surface area (Å²) in [6.07, 6.45) is 4.66. The Balaban J connectivity index is 1.34. The lowest BCUT2D eigenvalue weighted by Crippen LogP contribution is -2.29. The van der Waals surface area contributed by atoms with Crippen molar-refractivity contribution in [1.29, 1.82) is 0 Å². The normalized spacial score (nSPS) is 20.4. The van der Waals surface area contributed by atoms with Crippen LogP contribution in [0.1, 0.15) is 54.0 Å². The third-order valence-electron chi connectivity index (χ3n) is 5.12. The summed E-state index contributed by atoms with van der Waals surface area (Å²) in [4.78, 5) is 17.7. The molecule has 10 heteroatoms. The molecule has 27 heavy (non-hydrogen) atoms. The number of fused-ring (bicyclic) bond motifs is 1. The van der Waals surface area contributed by atoms with E-state index in [4.69, 9.17) is 0 Å². The van der Waals surface area contributed by atoms with Crippen molar-refractivity contribution in [3.8, 4) is 0 Å². The summed E-state index contributed by atoms with van der Waals surface area (Å²) in [6.45, 7) is 2.04. The van der Waals surface area contributed by atoms with Gasteiger partial charge >= 0.3 is 0 Å². The molecule has 1 aliphatic heterocycles. The Bertz CT molecular complexity index is 1030. The zero-order valence-electron chi connectivity index (χ0n) is 15.1. The zero-order chi connectivity index (χ0) is 18.4. The van der Waals surface area contributed by atoms with Gasteiger partial charge in [0.15, 0.2) is 5.16 Å². The van der Waals surface area contributed by atoms with Crippen LogP contribution in [-0.2, 0) is 12.8 Å². The fourth-order valence-corrected chi connectivity index (χ4v) is 5.36. The summed E-state index contributed by atoms with van der Waals surface area (Å²) < 4.78 is 3.51. The highest BCUT2D eigenvalue weighted by molar-refractivity contribution is 7.98. The topological polar surface area (TPSA) is 90.0 Å². The number of hydrogen-bond donors (Lipinski definition) is 1. The van der Waals surface area contributed by atoms with Crippen molar-refractivity contribution >= 4 is 28.1 Å². The van der Waals surface area contributed by atoms with Gasteiger partial charge in [-0.1, -0.05) is 23.1 Å². The van der Waals surface area contributed by atoms with Crippen LogP contribution in [0.4, 0.5) is 0 Å². The van der Waals surface area contributed by atoms with E-state index in [1.807, 2.05) is 7.05 Å². The van der Waals surface area contributed by atoms with Crippen molar-refractivity contribution in [2.45, 2.75) is 48.4 Å². The van der Waals surface area contributed by atoms with Crippen LogP contribution in [0.3, 0.4) is 0 Å². The second kappa shape index (κ2) is 6.99. The van der Waals surface area contributed by atoms with Gasteiger partial charge in [0.1, 0.15) is 10.8 Å². The first-order valence-electron chi connectivity index (χ1n) is 9.31. The molecule has 142 valence electrons. The number of hydrogen-bond acceptors (Lipinski definition) is 8. The second-order valence-corrected chi connectivity index (χ2v) is 9.16. The molecular weight excluding hydrogens is 382 g/mol. The molecule has 1 atom stereocenters. The Morgan fingerprint density at radius 2 is 2.19 bits per heavy atom. The minimum atomic E-state index is -0.106. The molecule has 1 N–H and O–H groups in total. The molecule has 4 heterocycles. The zero-order valence-corrected chi connectivity index (χ0v) is 16.7. The van der Waals surface area contributed by atoms with E-state index in [1.165, 1.54) is 35.1 Å². The van der Waals surface area contributed by atoms with Gasteiger partial charge in [-0.05, 0) is 32.2 Å². The summed E-state index contributed by atoms with van der Waals surface area (Å²) >= 11 is 3.11. The molecule has 3 aromatic heterocycles. The molecule has 0 aromatic carbocycles. The maximum absolute atomic E-state index is 12.4. The molecule has 0 amide bonds. The van der Waals surface area contributed by atoms with E-state index in [9.17, 15) is 4.79 Å². The number of rotatable bonds is 5. The van der Waals surface area contributed by atoms with Crippen LogP contribution in [0.15, 0.2) is 16.0 Å². The van der Waals surface area contributed by atoms with Gasteiger partial charge in [-0.2, -0.15) is 9.61 Å². The van der Waals surface area contributed by atoms with E-state index in [1.54, 1.807) is 17.8 Å². The van der Waals surface area contributed by atoms with Gasteiger partial charge in [0.05, 0.1) is 5.69 Å². The molecule has 2 fully saturated rings. The largest absolute Gasteiger partial charge is 0.316 e. The molecule has 0 spiro atoms. The van der Waals surface area contributed by atoms with Gasteiger partial charge in [0.2, 0.25) is 4.96 Å². The lowest BCUT2D eigenvalue weighted by atomic mass is 9.99. The summed E-state index contributed by atoms with van der Waals surface area (Å²) in [5.74, 6) is 2.57. The quantitative estimate of drug-likeness (QED) is 0.651. The minimum absolute atomic E-state index is 0.106. The molecule has 0 radical (unpaired) electrons. The standard InChI is InChI=1S/C17H21N7OS2/c1-23-14(11-3-2-6-18-8-11)20-21-17(23)26-9-12-7-13(25)24-16(19-12)27-15(22-24)10-4-5-10/h7,10-11,18H,2-6,8-9H2,1H3/t11-/m0/s1. The lowest BCUT2D eigenvalue weighted by Gasteiger charge is -2.21. The second-order valence-electron chi connectivity index (χ2n) is 7.23. The van der Waals surface area contributed by atoms with Gasteiger partial charge in [0, 0.05) is 37.2 Å². The van der Waals surface area contributed by atoms with Crippen LogP contribution < -0.4 is 10.9 Å². The fraction of sp³-hybridized carbons (Fsp3) is 0.588. The first kappa shape index (κ1) is 17.3. The van der Waals surface area contributed by atoms with Crippen molar-refractivity contribution in [2.75, 3.05) is 13.1 Å². The summed E-state index contributed by atoms with van der Waals surface area (Å²) in [5, 5.41) is 18.5. The van der Waals surface area contributed by atoms with Gasteiger partial charge in [-0.3, -0.25) is 4.79 Å². The summed E-state index contributed by atoms with van der Waals surface area (Å²) in [7, 11) is 2.02. The molecule has 3 aromatic rings. The Morgan fingerprint density at radius 1 is 1.30 bits per heavy atom. The van der Waals surface area contributed by atoms with E-state index in [-0.39, 0.29) is 5.56 Å². The third-order valence-corrected chi connectivity index (χ3v) is 7.24. The Labute approximate surface area is 164 Å². The number of piperidine rings is 1. The van der Waals surface area contributed by atoms with Gasteiger partial charge < -0.3 is 9.88 Å². The van der Waals surface area contributed by atoms with Crippen LogP contribution in [0, 0.1) is 0 Å². The average Bonchev–Trinajstić information content (AvgIpc) is 3.33. The van der Waals surface area contributed by atoms with Crippen LogP contribution in [0.5, 0.6) is 0 Å². The lowest BCUT2D eigenvalue weighted by molar-refractivity contribution is 0.436. The molecule has 2 aliphatic rings. The van der Waals surface area contributed by atoms with Crippen LogP contribution in [0.2, 0.25) is 0 Å². The van der Waals surface area contributed by atoms with E-state index in [0.717, 1.165) is 41.2 Å². The summed E-state index contributed by atoms with van der Waals surface area (Å²) in [6, 6.07) is 1.58. The molecule has 5 rings (SSSR count). The molecule has 0 bridgehead atoms. The first-order valence-corrected chi connectivity index (χ1v) is 11.1. The van der Waals surface area contributed by atoms with Gasteiger partial charge in [0.25, 0.3) is 5.56 Å². The fourth-order valence-electron chi connectivity index (χ4n) is 3.46. The highest BCUT2D eigenvalue weighted by atomic mass is 32.2. The minimum Gasteiger partial charge on any atom is -0.316 e. The van der Waals surface area contributed by atoms with Crippen molar-refractivity contribution in [3.05, 3.63) is 32.9 Å². The van der Waals surface area contributed by atoms with E-state index in [0.29, 0.717) is 22.5 Å². The van der Waals surface area contributed by atoms with Gasteiger partial charge in [-0.15, -0.1) is 10.2 Å². The SMILES string of the molecule is Cn1c(SCc2cc(=O)n3nc(C4CC4)sc3n2)nnc1[C@H]1CCCNC1. The number of thioether (sulfide) groups is 1. The van der Waals surface area contributed by atoms with Crippen LogP contribution in [0.25, 0.3) is 4.96 Å². The van der Waals surface area contributed by atoms with Crippen molar-refractivity contribution in [3.63, 3.8) is 0 Å². The predicted octanol–water partition coefficient (Wildman–Crippen LogP) is 1.92. The smallest absolute Gasteiger partial charge is 0.275 e. The summed E-state index contributed by atoms with van der Waals surface area (Å²) in [5.41, 5.74) is 0.658. The maximum atomic E-state index is 12.4. The van der Waals surface area contributed by atoms with E-state index in [2.05, 4.69) is 30.2 Å². The molecule has 1 saturated carbocycles. The monoisotopic (exact) mass is 403 g/mol. The highest BCUT2D eigenvalue weighted by Crippen LogP contribution is 2.41. The number of nitrogens with one attached hydrogen (secondary N) is 1. The Morgan fingerprint density at radius 3 is 2.96 bits per heavy atom. The Kier molecular flexibility index (Phi) is 4.49. The van der Waals surface area contributed by atoms with Crippen molar-refractivity contribution < 1.29 is 0 Å². The van der Waals surface area contributed by atoms with E-state index < -0.39 is 0 Å². The average molecular weight is 404 g/mol. The van der Waals surface area contributed by atoms with Crippen LogP contribution >= 0.6 is 23.1 Å². The molecular formula is C17H21N7OS2. The molecule has 1 aliphatic carbocycles. The molecule has 1 saturated heterocycles. The third kappa shape index (κ3) is 3.41. The first-order chi connectivity index (χ1) is 13.2. The van der Waals surface area contributed by atoms with Crippen molar-refractivity contribution in [1.82, 2.24) is 34.7 Å². The highest BCUT2D eigenvalue weighted by Gasteiger charge is 2.28. The number of aromatic nitrogens is 6. The Hall–Kier alpha value is -1.78. The molecule has 0 unspecified atom stereocenters. The molecule has 8 nitrogen and oxygen atoms in total. The predicted molar refractivity (Wildman–Crippen MR) is 105 cm³/mol. The van der Waals surface area contributed by atoms with E-state index >= 15 is 0 Å².